The standard InChI is InChI=1S/C16H14Cl2N2O3/c17-13-5-1-11(2-6-13)15(21)19-9-10-23-20-16(22)12-3-7-14(18)8-4-12/h1-8H,9-10H2,(H,19,21)(H,20,22). The largest absolute Gasteiger partial charge is 0.350 e. The summed E-state index contributed by atoms with van der Waals surface area (Å²) in [6.45, 7) is 0.390. The molecular weight excluding hydrogens is 339 g/mol. The van der Waals surface area contributed by atoms with Crippen molar-refractivity contribution in [3.05, 3.63) is 69.7 Å². The van der Waals surface area contributed by atoms with E-state index in [2.05, 4.69) is 10.8 Å². The van der Waals surface area contributed by atoms with Crippen molar-refractivity contribution in [1.29, 1.82) is 0 Å². The molecule has 0 aromatic heterocycles. The van der Waals surface area contributed by atoms with Crippen molar-refractivity contribution in [2.24, 2.45) is 0 Å². The number of hydrogen-bond donors (Lipinski definition) is 2. The summed E-state index contributed by atoms with van der Waals surface area (Å²) in [4.78, 5) is 28.5. The van der Waals surface area contributed by atoms with Crippen LogP contribution in [0.5, 0.6) is 0 Å². The zero-order chi connectivity index (χ0) is 16.7. The van der Waals surface area contributed by atoms with Crippen molar-refractivity contribution >= 4 is 35.0 Å². The Balaban J connectivity index is 1.67. The summed E-state index contributed by atoms with van der Waals surface area (Å²) in [5.41, 5.74) is 3.22. The van der Waals surface area contributed by atoms with Crippen LogP contribution in [0.15, 0.2) is 48.5 Å². The first kappa shape index (κ1) is 17.3. The molecular formula is C16H14Cl2N2O3. The molecule has 0 atom stereocenters. The average molecular weight is 353 g/mol. The highest BCUT2D eigenvalue weighted by atomic mass is 35.5. The molecule has 0 heterocycles. The summed E-state index contributed by atoms with van der Waals surface area (Å²) in [6.07, 6.45) is 0. The molecule has 2 amide bonds. The molecule has 0 bridgehead atoms. The van der Waals surface area contributed by atoms with Crippen LogP contribution in [0, 0.1) is 0 Å². The SMILES string of the molecule is O=C(NCCONC(=O)c1ccc(Cl)cc1)c1ccc(Cl)cc1. The number of carbonyl (C=O) groups excluding carboxylic acids is 2. The summed E-state index contributed by atoms with van der Waals surface area (Å²) in [5, 5.41) is 3.78. The van der Waals surface area contributed by atoms with Gasteiger partial charge >= 0.3 is 0 Å². The highest BCUT2D eigenvalue weighted by Gasteiger charge is 2.06. The number of hydroxylamine groups is 1. The van der Waals surface area contributed by atoms with Gasteiger partial charge in [-0.25, -0.2) is 5.48 Å². The van der Waals surface area contributed by atoms with Crippen LogP contribution in [0.4, 0.5) is 0 Å². The first-order valence-electron chi connectivity index (χ1n) is 6.78. The van der Waals surface area contributed by atoms with E-state index in [9.17, 15) is 9.59 Å². The number of carbonyl (C=O) groups is 2. The third-order valence-electron chi connectivity index (χ3n) is 2.87. The van der Waals surface area contributed by atoms with Crippen LogP contribution in [0.1, 0.15) is 20.7 Å². The van der Waals surface area contributed by atoms with Gasteiger partial charge in [0.15, 0.2) is 0 Å². The second-order valence-electron chi connectivity index (χ2n) is 4.55. The van der Waals surface area contributed by atoms with Crippen LogP contribution in [0.2, 0.25) is 10.0 Å². The van der Waals surface area contributed by atoms with Gasteiger partial charge in [0.2, 0.25) is 0 Å². The van der Waals surface area contributed by atoms with Crippen molar-refractivity contribution < 1.29 is 14.4 Å². The van der Waals surface area contributed by atoms with Crippen LogP contribution in [0.25, 0.3) is 0 Å². The van der Waals surface area contributed by atoms with Gasteiger partial charge in [0.05, 0.1) is 6.61 Å². The molecule has 0 aliphatic rings. The fourth-order valence-corrected chi connectivity index (χ4v) is 1.95. The van der Waals surface area contributed by atoms with E-state index in [1.165, 1.54) is 0 Å². The molecule has 2 rings (SSSR count). The Hall–Kier alpha value is -2.08. The minimum Gasteiger partial charge on any atom is -0.350 e. The monoisotopic (exact) mass is 352 g/mol. The van der Waals surface area contributed by atoms with Gasteiger partial charge in [-0.2, -0.15) is 0 Å². The minimum atomic E-state index is -0.384. The maximum Gasteiger partial charge on any atom is 0.274 e. The second kappa shape index (κ2) is 8.53. The molecule has 5 nitrogen and oxygen atoms in total. The topological polar surface area (TPSA) is 67.4 Å². The van der Waals surface area contributed by atoms with Crippen LogP contribution in [0.3, 0.4) is 0 Å². The van der Waals surface area contributed by atoms with Crippen molar-refractivity contribution in [1.82, 2.24) is 10.8 Å². The predicted octanol–water partition coefficient (Wildman–Crippen LogP) is 3.08. The average Bonchev–Trinajstić information content (AvgIpc) is 2.55. The third kappa shape index (κ3) is 5.56. The lowest BCUT2D eigenvalue weighted by molar-refractivity contribution is 0.0323. The van der Waals surface area contributed by atoms with E-state index in [0.29, 0.717) is 21.2 Å². The second-order valence-corrected chi connectivity index (χ2v) is 5.42. The highest BCUT2D eigenvalue weighted by Crippen LogP contribution is 2.10. The lowest BCUT2D eigenvalue weighted by Gasteiger charge is -2.07. The molecule has 0 aliphatic carbocycles. The van der Waals surface area contributed by atoms with Gasteiger partial charge in [-0.05, 0) is 48.5 Å². The quantitative estimate of drug-likeness (QED) is 0.620. The molecule has 7 heteroatoms. The van der Waals surface area contributed by atoms with Crippen LogP contribution >= 0.6 is 23.2 Å². The molecule has 23 heavy (non-hydrogen) atoms. The Labute approximate surface area is 143 Å². The lowest BCUT2D eigenvalue weighted by Crippen LogP contribution is -2.31. The minimum absolute atomic E-state index is 0.138. The fraction of sp³-hybridized carbons (Fsp3) is 0.125. The van der Waals surface area contributed by atoms with Gasteiger partial charge in [0.25, 0.3) is 11.8 Å². The third-order valence-corrected chi connectivity index (χ3v) is 3.37. The van der Waals surface area contributed by atoms with Gasteiger partial charge in [-0.1, -0.05) is 23.2 Å². The Morgan fingerprint density at radius 1 is 0.826 bits per heavy atom. The maximum atomic E-state index is 11.8. The summed E-state index contributed by atoms with van der Waals surface area (Å²) >= 11 is 11.5. The maximum absolute atomic E-state index is 11.8. The molecule has 0 saturated heterocycles. The number of benzene rings is 2. The Morgan fingerprint density at radius 2 is 1.30 bits per heavy atom. The molecule has 120 valence electrons. The molecule has 0 fully saturated rings. The van der Waals surface area contributed by atoms with Crippen LogP contribution in [-0.4, -0.2) is 25.0 Å². The summed E-state index contributed by atoms with van der Waals surface area (Å²) in [7, 11) is 0. The Bertz CT molecular complexity index is 613. The lowest BCUT2D eigenvalue weighted by atomic mass is 10.2. The Kier molecular flexibility index (Phi) is 6.40. The summed E-state index contributed by atoms with van der Waals surface area (Å²) in [6, 6.07) is 12.9. The van der Waals surface area contributed by atoms with E-state index in [-0.39, 0.29) is 25.0 Å². The van der Waals surface area contributed by atoms with Crippen molar-refractivity contribution in [2.45, 2.75) is 0 Å². The normalized spacial score (nSPS) is 10.2. The molecule has 0 saturated carbocycles. The number of hydrogen-bond acceptors (Lipinski definition) is 3. The molecule has 0 radical (unpaired) electrons. The number of halogens is 2. The van der Waals surface area contributed by atoms with Crippen molar-refractivity contribution in [3.8, 4) is 0 Å². The van der Waals surface area contributed by atoms with Gasteiger partial charge in [-0.15, -0.1) is 0 Å². The zero-order valence-corrected chi connectivity index (χ0v) is 13.5. The number of amides is 2. The smallest absolute Gasteiger partial charge is 0.274 e. The molecule has 0 aliphatic heterocycles. The van der Waals surface area contributed by atoms with Crippen LogP contribution in [-0.2, 0) is 4.84 Å². The molecule has 2 aromatic carbocycles. The molecule has 2 aromatic rings. The van der Waals surface area contributed by atoms with Gasteiger partial charge in [-0.3, -0.25) is 14.4 Å². The molecule has 0 spiro atoms. The van der Waals surface area contributed by atoms with Gasteiger partial charge < -0.3 is 5.32 Å². The first-order chi connectivity index (χ1) is 11.1. The molecule has 0 unspecified atom stereocenters. The predicted molar refractivity (Wildman–Crippen MR) is 88.7 cm³/mol. The van der Waals surface area contributed by atoms with Crippen LogP contribution < -0.4 is 10.8 Å². The van der Waals surface area contributed by atoms with E-state index in [1.54, 1.807) is 48.5 Å². The van der Waals surface area contributed by atoms with Gasteiger partial charge in [0, 0.05) is 27.7 Å². The summed E-state index contributed by atoms with van der Waals surface area (Å²) < 4.78 is 0. The molecule has 2 N–H and O–H groups in total. The number of rotatable bonds is 6. The van der Waals surface area contributed by atoms with E-state index in [4.69, 9.17) is 28.0 Å². The van der Waals surface area contributed by atoms with E-state index >= 15 is 0 Å². The van der Waals surface area contributed by atoms with E-state index in [1.807, 2.05) is 0 Å². The zero-order valence-electron chi connectivity index (χ0n) is 12.0. The van der Waals surface area contributed by atoms with Crippen molar-refractivity contribution in [2.75, 3.05) is 13.2 Å². The van der Waals surface area contributed by atoms with Crippen molar-refractivity contribution in [3.63, 3.8) is 0 Å². The van der Waals surface area contributed by atoms with E-state index < -0.39 is 0 Å². The Morgan fingerprint density at radius 3 is 1.83 bits per heavy atom. The number of nitrogens with one attached hydrogen (secondary N) is 2. The first-order valence-corrected chi connectivity index (χ1v) is 7.53. The van der Waals surface area contributed by atoms with Gasteiger partial charge in [0.1, 0.15) is 0 Å². The fourth-order valence-electron chi connectivity index (χ4n) is 1.70. The summed E-state index contributed by atoms with van der Waals surface area (Å²) in [5.74, 6) is -0.625. The van der Waals surface area contributed by atoms with E-state index in [0.717, 1.165) is 0 Å². The highest BCUT2D eigenvalue weighted by molar-refractivity contribution is 6.31.